The number of rotatable bonds is 7. The summed E-state index contributed by atoms with van der Waals surface area (Å²) in [7, 11) is -3.88. The summed E-state index contributed by atoms with van der Waals surface area (Å²) in [6.45, 7) is 2.74. The van der Waals surface area contributed by atoms with E-state index in [-0.39, 0.29) is 28.4 Å². The number of nitrogens with one attached hydrogen (secondary N) is 3. The van der Waals surface area contributed by atoms with Crippen LogP contribution in [0.1, 0.15) is 13.8 Å². The second kappa shape index (κ2) is 9.73. The van der Waals surface area contributed by atoms with Crippen LogP contribution in [0.5, 0.6) is 0 Å². The van der Waals surface area contributed by atoms with Crippen molar-refractivity contribution in [2.24, 2.45) is 0 Å². The van der Waals surface area contributed by atoms with Gasteiger partial charge in [-0.3, -0.25) is 14.3 Å². The molecule has 0 saturated heterocycles. The lowest BCUT2D eigenvalue weighted by atomic mass is 10.2. The first-order valence-corrected chi connectivity index (χ1v) is 11.8. The van der Waals surface area contributed by atoms with Crippen LogP contribution in [-0.4, -0.2) is 35.4 Å². The third kappa shape index (κ3) is 5.86. The van der Waals surface area contributed by atoms with Crippen molar-refractivity contribution >= 4 is 39.0 Å². The van der Waals surface area contributed by atoms with Crippen molar-refractivity contribution in [1.29, 1.82) is 0 Å². The van der Waals surface area contributed by atoms with Crippen LogP contribution in [0, 0.1) is 0 Å². The molecule has 0 unspecified atom stereocenters. The molecule has 0 aliphatic rings. The molecular weight excluding hydrogens is 472 g/mol. The van der Waals surface area contributed by atoms with Gasteiger partial charge in [0, 0.05) is 25.1 Å². The summed E-state index contributed by atoms with van der Waals surface area (Å²) in [5.74, 6) is 0.211. The first kappa shape index (κ1) is 23.6. The zero-order valence-corrected chi connectivity index (χ0v) is 19.5. The molecule has 0 bridgehead atoms. The molecule has 0 radical (unpaired) electrons. The van der Waals surface area contributed by atoms with E-state index in [1.807, 2.05) is 0 Å². The molecule has 2 aromatic heterocycles. The van der Waals surface area contributed by atoms with E-state index in [1.165, 1.54) is 32.0 Å². The van der Waals surface area contributed by atoms with Gasteiger partial charge in [-0.15, -0.1) is 0 Å². The summed E-state index contributed by atoms with van der Waals surface area (Å²) in [4.78, 5) is 31.1. The minimum absolute atomic E-state index is 0.0274. The van der Waals surface area contributed by atoms with Gasteiger partial charge in [0.25, 0.3) is 15.9 Å². The second-order valence-electron chi connectivity index (χ2n) is 7.40. The van der Waals surface area contributed by atoms with Gasteiger partial charge < -0.3 is 15.2 Å². The third-order valence-corrected chi connectivity index (χ3v) is 5.95. The topological polar surface area (TPSA) is 156 Å². The Labute approximate surface area is 200 Å². The predicted molar refractivity (Wildman–Crippen MR) is 129 cm³/mol. The normalized spacial score (nSPS) is 11.0. The van der Waals surface area contributed by atoms with Gasteiger partial charge in [0.2, 0.25) is 17.6 Å². The molecule has 4 aromatic rings. The van der Waals surface area contributed by atoms with E-state index >= 15 is 0 Å². The van der Waals surface area contributed by atoms with E-state index in [9.17, 15) is 18.0 Å². The highest BCUT2D eigenvalue weighted by molar-refractivity contribution is 7.92. The Bertz CT molecular complexity index is 1500. The largest absolute Gasteiger partial charge is 0.332 e. The molecule has 0 aliphatic carbocycles. The van der Waals surface area contributed by atoms with Gasteiger partial charge in [-0.25, -0.2) is 13.4 Å². The van der Waals surface area contributed by atoms with Crippen molar-refractivity contribution in [3.8, 4) is 23.0 Å². The smallest absolute Gasteiger partial charge is 0.276 e. The molecule has 35 heavy (non-hydrogen) atoms. The van der Waals surface area contributed by atoms with Gasteiger partial charge in [0.15, 0.2) is 0 Å². The van der Waals surface area contributed by atoms with Crippen molar-refractivity contribution in [3.63, 3.8) is 0 Å². The number of carbonyl (C=O) groups is 2. The summed E-state index contributed by atoms with van der Waals surface area (Å²) in [6.07, 6.45) is 0. The van der Waals surface area contributed by atoms with Gasteiger partial charge >= 0.3 is 0 Å². The van der Waals surface area contributed by atoms with Gasteiger partial charge in [0.1, 0.15) is 11.5 Å². The number of hydrogen-bond donors (Lipinski definition) is 3. The van der Waals surface area contributed by atoms with Crippen LogP contribution in [0.15, 0.2) is 76.1 Å². The molecule has 2 amide bonds. The number of nitrogens with zero attached hydrogens (tertiary/aromatic N) is 3. The van der Waals surface area contributed by atoms with Gasteiger partial charge in [-0.1, -0.05) is 17.3 Å². The second-order valence-corrected chi connectivity index (χ2v) is 9.09. The Morgan fingerprint density at radius 1 is 0.829 bits per heavy atom. The van der Waals surface area contributed by atoms with E-state index < -0.39 is 10.0 Å². The number of carbonyl (C=O) groups excluding carboxylic acids is 2. The molecule has 0 atom stereocenters. The van der Waals surface area contributed by atoms with Crippen LogP contribution in [0.3, 0.4) is 0 Å². The highest BCUT2D eigenvalue weighted by Gasteiger charge is 2.17. The van der Waals surface area contributed by atoms with Crippen LogP contribution in [0.2, 0.25) is 0 Å². The van der Waals surface area contributed by atoms with Gasteiger partial charge in [-0.05, 0) is 54.6 Å². The Kier molecular flexibility index (Phi) is 6.55. The van der Waals surface area contributed by atoms with E-state index in [1.54, 1.807) is 48.5 Å². The number of aromatic nitrogens is 3. The predicted octanol–water partition coefficient (Wildman–Crippen LogP) is 3.52. The lowest BCUT2D eigenvalue weighted by Gasteiger charge is -2.10. The van der Waals surface area contributed by atoms with Crippen molar-refractivity contribution in [2.45, 2.75) is 18.7 Å². The Hall–Kier alpha value is -4.58. The average molecular weight is 493 g/mol. The molecular formula is C23H20N6O5S. The van der Waals surface area contributed by atoms with E-state index in [4.69, 9.17) is 4.52 Å². The van der Waals surface area contributed by atoms with Crippen molar-refractivity contribution in [1.82, 2.24) is 15.1 Å². The lowest BCUT2D eigenvalue weighted by Crippen LogP contribution is -2.13. The molecule has 0 saturated carbocycles. The van der Waals surface area contributed by atoms with Crippen molar-refractivity contribution < 1.29 is 22.5 Å². The molecule has 178 valence electrons. The van der Waals surface area contributed by atoms with E-state index in [0.29, 0.717) is 28.5 Å². The minimum Gasteiger partial charge on any atom is -0.332 e. The quantitative estimate of drug-likeness (QED) is 0.354. The van der Waals surface area contributed by atoms with E-state index in [2.05, 4.69) is 30.5 Å². The number of anilines is 3. The zero-order valence-electron chi connectivity index (χ0n) is 18.6. The summed E-state index contributed by atoms with van der Waals surface area (Å²) in [5.41, 5.74) is 1.68. The molecule has 0 spiro atoms. The van der Waals surface area contributed by atoms with Crippen LogP contribution in [0.4, 0.5) is 17.2 Å². The van der Waals surface area contributed by atoms with Gasteiger partial charge in [0.05, 0.1) is 10.6 Å². The van der Waals surface area contributed by atoms with Crippen LogP contribution in [-0.2, 0) is 19.6 Å². The highest BCUT2D eigenvalue weighted by atomic mass is 32.2. The number of pyridine rings is 1. The lowest BCUT2D eigenvalue weighted by molar-refractivity contribution is -0.115. The maximum Gasteiger partial charge on any atom is 0.276 e. The molecule has 11 nitrogen and oxygen atoms in total. The standard InChI is InChI=1S/C23H20N6O5S/c1-14(30)24-17-5-3-6-18(13-17)29-35(32,33)19-11-9-16(10-12-19)22-27-23(34-28-22)20-7-4-8-21(26-20)25-15(2)31/h3-13,29H,1-2H3,(H,24,30)(H,25,26,31). The molecule has 4 rings (SSSR count). The number of benzene rings is 2. The fraction of sp³-hybridized carbons (Fsp3) is 0.0870. The molecule has 12 heteroatoms. The fourth-order valence-corrected chi connectivity index (χ4v) is 4.16. The first-order chi connectivity index (χ1) is 16.7. The van der Waals surface area contributed by atoms with Crippen LogP contribution >= 0.6 is 0 Å². The molecule has 0 aliphatic heterocycles. The first-order valence-electron chi connectivity index (χ1n) is 10.3. The highest BCUT2D eigenvalue weighted by Crippen LogP contribution is 2.24. The Morgan fingerprint density at radius 2 is 1.51 bits per heavy atom. The molecule has 2 aromatic carbocycles. The average Bonchev–Trinajstić information content (AvgIpc) is 3.29. The van der Waals surface area contributed by atoms with Crippen LogP contribution < -0.4 is 15.4 Å². The number of amides is 2. The molecule has 0 fully saturated rings. The molecule has 2 heterocycles. The summed E-state index contributed by atoms with van der Waals surface area (Å²) in [5, 5.41) is 9.12. The zero-order chi connectivity index (χ0) is 25.0. The monoisotopic (exact) mass is 492 g/mol. The SMILES string of the molecule is CC(=O)Nc1cccc(NS(=O)(=O)c2ccc(-c3noc(-c4cccc(NC(C)=O)n4)n3)cc2)c1. The maximum absolute atomic E-state index is 12.8. The summed E-state index contributed by atoms with van der Waals surface area (Å²) >= 11 is 0. The van der Waals surface area contributed by atoms with Crippen molar-refractivity contribution in [2.75, 3.05) is 15.4 Å². The minimum atomic E-state index is -3.88. The summed E-state index contributed by atoms with van der Waals surface area (Å²) in [6, 6.07) is 17.3. The Balaban J connectivity index is 1.51. The van der Waals surface area contributed by atoms with Crippen LogP contribution in [0.25, 0.3) is 23.0 Å². The fourth-order valence-electron chi connectivity index (χ4n) is 3.11. The maximum atomic E-state index is 12.8. The Morgan fingerprint density at radius 3 is 2.23 bits per heavy atom. The van der Waals surface area contributed by atoms with Crippen molar-refractivity contribution in [3.05, 3.63) is 66.7 Å². The third-order valence-electron chi connectivity index (χ3n) is 4.56. The summed E-state index contributed by atoms with van der Waals surface area (Å²) < 4.78 is 33.4. The van der Waals surface area contributed by atoms with E-state index in [0.717, 1.165) is 0 Å². The molecule has 3 N–H and O–H groups in total. The number of sulfonamides is 1. The number of hydrogen-bond acceptors (Lipinski definition) is 8. The van der Waals surface area contributed by atoms with Gasteiger partial charge in [-0.2, -0.15) is 4.98 Å².